The summed E-state index contributed by atoms with van der Waals surface area (Å²) in [5, 5.41) is 3.06. The fourth-order valence-electron chi connectivity index (χ4n) is 3.83. The van der Waals surface area contributed by atoms with E-state index in [2.05, 4.69) is 10.0 Å². The Hall–Kier alpha value is -3.32. The van der Waals surface area contributed by atoms with Crippen LogP contribution in [0.15, 0.2) is 77.7 Å². The molecule has 0 fully saturated rings. The molecule has 0 heterocycles. The number of hydrogen-bond acceptors (Lipinski definition) is 4. The maximum absolute atomic E-state index is 12.9. The van der Waals surface area contributed by atoms with Gasteiger partial charge >= 0.3 is 0 Å². The standard InChI is InChI=1S/C24H24N2O4S/c1-30-20-13-14-22-17(15-20)7-6-12-23(22)25-24(27)18-8-5-11-21(16-18)31(28,29)26-19-9-3-2-4-10-19/h2-5,8-11,13-16,23,26H,6-7,12H2,1H3,(H,25,27)/t23-/m1/s1. The molecule has 0 aromatic heterocycles. The monoisotopic (exact) mass is 436 g/mol. The summed E-state index contributed by atoms with van der Waals surface area (Å²) in [6.45, 7) is 0. The predicted molar refractivity (Wildman–Crippen MR) is 120 cm³/mol. The summed E-state index contributed by atoms with van der Waals surface area (Å²) in [4.78, 5) is 13.0. The van der Waals surface area contributed by atoms with E-state index in [9.17, 15) is 13.2 Å². The van der Waals surface area contributed by atoms with E-state index in [4.69, 9.17) is 4.74 Å². The van der Waals surface area contributed by atoms with Crippen LogP contribution in [0.1, 0.15) is 40.4 Å². The Morgan fingerprint density at radius 1 is 1.00 bits per heavy atom. The van der Waals surface area contributed by atoms with Crippen LogP contribution < -0.4 is 14.8 Å². The first-order valence-corrected chi connectivity index (χ1v) is 11.6. The Balaban J connectivity index is 1.53. The van der Waals surface area contributed by atoms with Crippen molar-refractivity contribution in [2.45, 2.75) is 30.2 Å². The molecule has 3 aromatic rings. The third kappa shape index (κ3) is 4.72. The van der Waals surface area contributed by atoms with Gasteiger partial charge in [0.1, 0.15) is 5.75 Å². The highest BCUT2D eigenvalue weighted by Gasteiger charge is 2.23. The first kappa shape index (κ1) is 20.9. The minimum absolute atomic E-state index is 0.0396. The quantitative estimate of drug-likeness (QED) is 0.603. The molecule has 1 aliphatic rings. The predicted octanol–water partition coefficient (Wildman–Crippen LogP) is 4.30. The van der Waals surface area contributed by atoms with Gasteiger partial charge in [-0.1, -0.05) is 30.3 Å². The molecule has 0 saturated carbocycles. The first-order chi connectivity index (χ1) is 15.0. The van der Waals surface area contributed by atoms with Crippen LogP contribution in [0.5, 0.6) is 5.75 Å². The summed E-state index contributed by atoms with van der Waals surface area (Å²) < 4.78 is 33.3. The molecule has 0 aliphatic heterocycles. The van der Waals surface area contributed by atoms with Gasteiger partial charge in [-0.2, -0.15) is 0 Å². The SMILES string of the molecule is COc1ccc2c(c1)CCC[C@H]2NC(=O)c1cccc(S(=O)(=O)Nc2ccccc2)c1. The summed E-state index contributed by atoms with van der Waals surface area (Å²) in [5.74, 6) is 0.500. The summed E-state index contributed by atoms with van der Waals surface area (Å²) >= 11 is 0. The number of methoxy groups -OCH3 is 1. The molecular formula is C24H24N2O4S. The van der Waals surface area contributed by atoms with Gasteiger partial charge in [0.25, 0.3) is 15.9 Å². The number of para-hydroxylation sites is 1. The van der Waals surface area contributed by atoms with E-state index in [-0.39, 0.29) is 16.8 Å². The van der Waals surface area contributed by atoms with Gasteiger partial charge in [-0.25, -0.2) is 8.42 Å². The topological polar surface area (TPSA) is 84.5 Å². The van der Waals surface area contributed by atoms with Crippen molar-refractivity contribution in [1.82, 2.24) is 5.32 Å². The van der Waals surface area contributed by atoms with Crippen LogP contribution in [0.25, 0.3) is 0 Å². The van der Waals surface area contributed by atoms with Crippen molar-refractivity contribution in [3.8, 4) is 5.75 Å². The van der Waals surface area contributed by atoms with Gasteiger partial charge in [0.15, 0.2) is 0 Å². The number of benzene rings is 3. The van der Waals surface area contributed by atoms with Crippen molar-refractivity contribution >= 4 is 21.6 Å². The van der Waals surface area contributed by atoms with E-state index in [1.54, 1.807) is 43.5 Å². The van der Waals surface area contributed by atoms with Crippen molar-refractivity contribution in [3.63, 3.8) is 0 Å². The molecule has 0 unspecified atom stereocenters. The van der Waals surface area contributed by atoms with Crippen LogP contribution in [0.4, 0.5) is 5.69 Å². The van der Waals surface area contributed by atoms with E-state index >= 15 is 0 Å². The minimum Gasteiger partial charge on any atom is -0.497 e. The van der Waals surface area contributed by atoms with Crippen molar-refractivity contribution < 1.29 is 17.9 Å². The van der Waals surface area contributed by atoms with Crippen LogP contribution in [-0.2, 0) is 16.4 Å². The van der Waals surface area contributed by atoms with E-state index < -0.39 is 10.0 Å². The number of nitrogens with one attached hydrogen (secondary N) is 2. The molecular weight excluding hydrogens is 412 g/mol. The number of ether oxygens (including phenoxy) is 1. The number of fused-ring (bicyclic) bond motifs is 1. The smallest absolute Gasteiger partial charge is 0.261 e. The summed E-state index contributed by atoms with van der Waals surface area (Å²) in [7, 11) is -2.17. The lowest BCUT2D eigenvalue weighted by molar-refractivity contribution is 0.0932. The second kappa shape index (κ2) is 8.81. The van der Waals surface area contributed by atoms with Crippen LogP contribution in [0.3, 0.4) is 0 Å². The van der Waals surface area contributed by atoms with Gasteiger partial charge in [-0.15, -0.1) is 0 Å². The Morgan fingerprint density at radius 3 is 2.58 bits per heavy atom. The number of carbonyl (C=O) groups excluding carboxylic acids is 1. The van der Waals surface area contributed by atoms with Gasteiger partial charge in [-0.05, 0) is 72.9 Å². The van der Waals surface area contributed by atoms with Crippen molar-refractivity contribution in [2.75, 3.05) is 11.8 Å². The fraction of sp³-hybridized carbons (Fsp3) is 0.208. The number of sulfonamides is 1. The van der Waals surface area contributed by atoms with E-state index in [1.165, 1.54) is 17.7 Å². The molecule has 2 N–H and O–H groups in total. The lowest BCUT2D eigenvalue weighted by atomic mass is 9.87. The fourth-order valence-corrected chi connectivity index (χ4v) is 4.94. The zero-order chi connectivity index (χ0) is 21.8. The number of hydrogen-bond donors (Lipinski definition) is 2. The van der Waals surface area contributed by atoms with Crippen LogP contribution in [0.2, 0.25) is 0 Å². The van der Waals surface area contributed by atoms with Crippen molar-refractivity contribution in [3.05, 3.63) is 89.5 Å². The maximum atomic E-state index is 12.9. The number of carbonyl (C=O) groups is 1. The molecule has 4 rings (SSSR count). The number of anilines is 1. The third-order valence-electron chi connectivity index (χ3n) is 5.40. The molecule has 7 heteroatoms. The molecule has 160 valence electrons. The molecule has 6 nitrogen and oxygen atoms in total. The summed E-state index contributed by atoms with van der Waals surface area (Å²) in [5.41, 5.74) is 3.01. The second-order valence-corrected chi connectivity index (χ2v) is 9.16. The highest BCUT2D eigenvalue weighted by molar-refractivity contribution is 7.92. The van der Waals surface area contributed by atoms with E-state index in [0.717, 1.165) is 30.6 Å². The van der Waals surface area contributed by atoms with E-state index in [1.807, 2.05) is 24.3 Å². The molecule has 0 bridgehead atoms. The van der Waals surface area contributed by atoms with Crippen LogP contribution in [0, 0.1) is 0 Å². The zero-order valence-corrected chi connectivity index (χ0v) is 18.0. The summed E-state index contributed by atoms with van der Waals surface area (Å²) in [6, 6.07) is 20.5. The Morgan fingerprint density at radius 2 is 1.81 bits per heavy atom. The highest BCUT2D eigenvalue weighted by Crippen LogP contribution is 2.32. The van der Waals surface area contributed by atoms with Gasteiger partial charge in [0.05, 0.1) is 18.0 Å². The minimum atomic E-state index is -3.80. The maximum Gasteiger partial charge on any atom is 0.261 e. The van der Waals surface area contributed by atoms with E-state index in [0.29, 0.717) is 11.3 Å². The largest absolute Gasteiger partial charge is 0.497 e. The van der Waals surface area contributed by atoms with Crippen LogP contribution in [-0.4, -0.2) is 21.4 Å². The number of aryl methyl sites for hydroxylation is 1. The number of rotatable bonds is 6. The van der Waals surface area contributed by atoms with Gasteiger partial charge in [0, 0.05) is 11.3 Å². The average molecular weight is 437 g/mol. The van der Waals surface area contributed by atoms with Crippen LogP contribution >= 0.6 is 0 Å². The second-order valence-electron chi connectivity index (χ2n) is 7.48. The first-order valence-electron chi connectivity index (χ1n) is 10.1. The lowest BCUT2D eigenvalue weighted by Crippen LogP contribution is -2.31. The van der Waals surface area contributed by atoms with Gasteiger partial charge < -0.3 is 10.1 Å². The Kier molecular flexibility index (Phi) is 5.95. The van der Waals surface area contributed by atoms with Crippen molar-refractivity contribution in [2.24, 2.45) is 0 Å². The lowest BCUT2D eigenvalue weighted by Gasteiger charge is -2.27. The van der Waals surface area contributed by atoms with Gasteiger partial charge in [-0.3, -0.25) is 9.52 Å². The number of amides is 1. The Labute approximate surface area is 182 Å². The Bertz CT molecular complexity index is 1190. The molecule has 1 amide bonds. The molecule has 1 atom stereocenters. The molecule has 1 aliphatic carbocycles. The zero-order valence-electron chi connectivity index (χ0n) is 17.2. The molecule has 0 saturated heterocycles. The highest BCUT2D eigenvalue weighted by atomic mass is 32.2. The molecule has 31 heavy (non-hydrogen) atoms. The normalized spacial score (nSPS) is 15.6. The third-order valence-corrected chi connectivity index (χ3v) is 6.78. The molecule has 0 spiro atoms. The molecule has 0 radical (unpaired) electrons. The summed E-state index contributed by atoms with van der Waals surface area (Å²) in [6.07, 6.45) is 2.73. The molecule has 3 aromatic carbocycles. The average Bonchev–Trinajstić information content (AvgIpc) is 2.79. The van der Waals surface area contributed by atoms with Gasteiger partial charge in [0.2, 0.25) is 0 Å². The van der Waals surface area contributed by atoms with Crippen molar-refractivity contribution in [1.29, 1.82) is 0 Å².